The van der Waals surface area contributed by atoms with E-state index in [0.717, 1.165) is 24.6 Å². The summed E-state index contributed by atoms with van der Waals surface area (Å²) in [6, 6.07) is 1.86. The lowest BCUT2D eigenvalue weighted by Gasteiger charge is -2.09. The molecule has 0 amide bonds. The molecule has 0 saturated carbocycles. The van der Waals surface area contributed by atoms with Crippen molar-refractivity contribution >= 4 is 5.65 Å². The van der Waals surface area contributed by atoms with Crippen molar-refractivity contribution in [1.29, 1.82) is 0 Å². The summed E-state index contributed by atoms with van der Waals surface area (Å²) in [6.07, 6.45) is 3.48. The quantitative estimate of drug-likeness (QED) is 0.803. The molecular formula is C10H15N5. The standard InChI is InChI=1S/C10H15N5/c1-3-11-6-8(2)10-14-13-9-4-5-12-7-15(9)10/h4-5,7-8,11H,3,6H2,1-2H3. The van der Waals surface area contributed by atoms with Gasteiger partial charge in [0.1, 0.15) is 12.2 Å². The van der Waals surface area contributed by atoms with E-state index in [0.29, 0.717) is 5.92 Å². The van der Waals surface area contributed by atoms with Gasteiger partial charge in [0, 0.05) is 24.7 Å². The molecule has 0 aliphatic rings. The number of nitrogens with zero attached hydrogens (tertiary/aromatic N) is 4. The third-order valence-corrected chi connectivity index (χ3v) is 2.38. The number of aromatic nitrogens is 4. The van der Waals surface area contributed by atoms with Crippen molar-refractivity contribution in [1.82, 2.24) is 24.9 Å². The Morgan fingerprint density at radius 3 is 3.13 bits per heavy atom. The smallest absolute Gasteiger partial charge is 0.163 e. The summed E-state index contributed by atoms with van der Waals surface area (Å²) in [4.78, 5) is 4.07. The number of likely N-dealkylation sites (N-methyl/N-ethyl adjacent to an activating group) is 1. The molecule has 5 heteroatoms. The molecule has 0 aliphatic heterocycles. The maximum absolute atomic E-state index is 4.18. The zero-order valence-electron chi connectivity index (χ0n) is 9.01. The second kappa shape index (κ2) is 4.35. The lowest BCUT2D eigenvalue weighted by Crippen LogP contribution is -2.20. The Labute approximate surface area is 88.6 Å². The summed E-state index contributed by atoms with van der Waals surface area (Å²) in [6.45, 7) is 6.10. The number of nitrogens with one attached hydrogen (secondary N) is 1. The highest BCUT2D eigenvalue weighted by molar-refractivity contribution is 5.35. The molecule has 0 aliphatic carbocycles. The molecule has 1 unspecified atom stereocenters. The molecule has 2 aromatic heterocycles. The van der Waals surface area contributed by atoms with E-state index in [9.17, 15) is 0 Å². The van der Waals surface area contributed by atoms with Gasteiger partial charge in [0.25, 0.3) is 0 Å². The SMILES string of the molecule is CCNCC(C)c1nnc2ccncn12. The highest BCUT2D eigenvalue weighted by Crippen LogP contribution is 2.12. The maximum atomic E-state index is 4.18. The topological polar surface area (TPSA) is 55.1 Å². The molecule has 15 heavy (non-hydrogen) atoms. The molecule has 2 heterocycles. The first-order chi connectivity index (χ1) is 7.33. The number of hydrogen-bond donors (Lipinski definition) is 1. The molecule has 5 nitrogen and oxygen atoms in total. The molecule has 2 rings (SSSR count). The highest BCUT2D eigenvalue weighted by Gasteiger charge is 2.12. The van der Waals surface area contributed by atoms with E-state index in [1.165, 1.54) is 0 Å². The molecule has 0 spiro atoms. The van der Waals surface area contributed by atoms with Gasteiger partial charge in [0.2, 0.25) is 0 Å². The van der Waals surface area contributed by atoms with Crippen LogP contribution in [0.1, 0.15) is 25.6 Å². The molecule has 0 saturated heterocycles. The van der Waals surface area contributed by atoms with Gasteiger partial charge in [0.05, 0.1) is 0 Å². The van der Waals surface area contributed by atoms with E-state index < -0.39 is 0 Å². The average Bonchev–Trinajstić information content (AvgIpc) is 2.69. The van der Waals surface area contributed by atoms with Gasteiger partial charge in [-0.2, -0.15) is 0 Å². The minimum absolute atomic E-state index is 0.337. The molecule has 0 fully saturated rings. The van der Waals surface area contributed by atoms with Crippen LogP contribution in [0.15, 0.2) is 18.6 Å². The van der Waals surface area contributed by atoms with Crippen LogP contribution in [0.25, 0.3) is 5.65 Å². The van der Waals surface area contributed by atoms with Gasteiger partial charge in [-0.1, -0.05) is 13.8 Å². The fourth-order valence-electron chi connectivity index (χ4n) is 1.55. The van der Waals surface area contributed by atoms with Crippen molar-refractivity contribution in [3.05, 3.63) is 24.4 Å². The van der Waals surface area contributed by atoms with Gasteiger partial charge in [-0.15, -0.1) is 10.2 Å². The minimum Gasteiger partial charge on any atom is -0.316 e. The summed E-state index contributed by atoms with van der Waals surface area (Å²) >= 11 is 0. The minimum atomic E-state index is 0.337. The summed E-state index contributed by atoms with van der Waals surface area (Å²) in [5.41, 5.74) is 0.850. The van der Waals surface area contributed by atoms with Crippen LogP contribution in [0.2, 0.25) is 0 Å². The summed E-state index contributed by atoms with van der Waals surface area (Å²) in [5.74, 6) is 1.29. The lowest BCUT2D eigenvalue weighted by molar-refractivity contribution is 0.602. The van der Waals surface area contributed by atoms with Crippen LogP contribution in [0.4, 0.5) is 0 Å². The van der Waals surface area contributed by atoms with Gasteiger partial charge in [-0.05, 0) is 6.54 Å². The van der Waals surface area contributed by atoms with E-state index in [1.807, 2.05) is 10.5 Å². The van der Waals surface area contributed by atoms with E-state index in [-0.39, 0.29) is 0 Å². The molecule has 1 atom stereocenters. The van der Waals surface area contributed by atoms with Crippen LogP contribution in [0, 0.1) is 0 Å². The Morgan fingerprint density at radius 1 is 1.47 bits per heavy atom. The Balaban J connectivity index is 2.27. The van der Waals surface area contributed by atoms with E-state index in [4.69, 9.17) is 0 Å². The second-order valence-electron chi connectivity index (χ2n) is 3.58. The van der Waals surface area contributed by atoms with Crippen LogP contribution < -0.4 is 5.32 Å². The van der Waals surface area contributed by atoms with Crippen LogP contribution in [-0.2, 0) is 0 Å². The molecule has 0 aromatic carbocycles. The van der Waals surface area contributed by atoms with Gasteiger partial charge in [-0.3, -0.25) is 4.40 Å². The third kappa shape index (κ3) is 1.97. The predicted octanol–water partition coefficient (Wildman–Crippen LogP) is 0.837. The molecule has 1 N–H and O–H groups in total. The Kier molecular flexibility index (Phi) is 2.91. The Morgan fingerprint density at radius 2 is 2.33 bits per heavy atom. The zero-order valence-corrected chi connectivity index (χ0v) is 9.01. The number of fused-ring (bicyclic) bond motifs is 1. The van der Waals surface area contributed by atoms with Crippen molar-refractivity contribution in [3.63, 3.8) is 0 Å². The lowest BCUT2D eigenvalue weighted by atomic mass is 10.1. The van der Waals surface area contributed by atoms with Crippen molar-refractivity contribution in [3.8, 4) is 0 Å². The van der Waals surface area contributed by atoms with Crippen molar-refractivity contribution < 1.29 is 0 Å². The Hall–Kier alpha value is -1.49. The normalized spacial score (nSPS) is 13.2. The largest absolute Gasteiger partial charge is 0.316 e. The molecular weight excluding hydrogens is 190 g/mol. The maximum Gasteiger partial charge on any atom is 0.163 e. The van der Waals surface area contributed by atoms with Crippen LogP contribution in [0.5, 0.6) is 0 Å². The first-order valence-corrected chi connectivity index (χ1v) is 5.18. The summed E-state index contributed by atoms with van der Waals surface area (Å²) in [5, 5.41) is 11.6. The number of hydrogen-bond acceptors (Lipinski definition) is 4. The molecule has 2 aromatic rings. The van der Waals surface area contributed by atoms with Crippen LogP contribution in [0.3, 0.4) is 0 Å². The second-order valence-corrected chi connectivity index (χ2v) is 3.58. The molecule has 0 radical (unpaired) electrons. The van der Waals surface area contributed by atoms with Crippen molar-refractivity contribution in [2.24, 2.45) is 0 Å². The summed E-state index contributed by atoms with van der Waals surface area (Å²) < 4.78 is 1.93. The van der Waals surface area contributed by atoms with Gasteiger partial charge in [0.15, 0.2) is 5.65 Å². The monoisotopic (exact) mass is 205 g/mol. The summed E-state index contributed by atoms with van der Waals surface area (Å²) in [7, 11) is 0. The van der Waals surface area contributed by atoms with Gasteiger partial charge in [-0.25, -0.2) is 4.98 Å². The highest BCUT2D eigenvalue weighted by atomic mass is 15.3. The Bertz CT molecular complexity index is 436. The van der Waals surface area contributed by atoms with Crippen molar-refractivity contribution in [2.45, 2.75) is 19.8 Å². The molecule has 80 valence electrons. The fourth-order valence-corrected chi connectivity index (χ4v) is 1.55. The van der Waals surface area contributed by atoms with Crippen LogP contribution in [-0.4, -0.2) is 32.7 Å². The fraction of sp³-hybridized carbons (Fsp3) is 0.500. The van der Waals surface area contributed by atoms with Gasteiger partial charge >= 0.3 is 0 Å². The van der Waals surface area contributed by atoms with Crippen molar-refractivity contribution in [2.75, 3.05) is 13.1 Å². The predicted molar refractivity (Wildman–Crippen MR) is 57.7 cm³/mol. The van der Waals surface area contributed by atoms with E-state index >= 15 is 0 Å². The van der Waals surface area contributed by atoms with Gasteiger partial charge < -0.3 is 5.32 Å². The number of rotatable bonds is 4. The molecule has 0 bridgehead atoms. The van der Waals surface area contributed by atoms with Crippen LogP contribution >= 0.6 is 0 Å². The first kappa shape index (κ1) is 10.0. The average molecular weight is 205 g/mol. The zero-order chi connectivity index (χ0) is 10.7. The third-order valence-electron chi connectivity index (χ3n) is 2.38. The first-order valence-electron chi connectivity index (χ1n) is 5.18. The van der Waals surface area contributed by atoms with E-state index in [1.54, 1.807) is 12.5 Å². The van der Waals surface area contributed by atoms with E-state index in [2.05, 4.69) is 34.3 Å².